The monoisotopic (exact) mass is 223 g/mol. The van der Waals surface area contributed by atoms with Gasteiger partial charge in [-0.05, 0) is 12.1 Å². The number of nitrogens with zero attached hydrogens (tertiary/aromatic N) is 1. The molecule has 1 aromatic heterocycles. The number of nitrogens with one attached hydrogen (secondary N) is 1. The van der Waals surface area contributed by atoms with Crippen molar-refractivity contribution in [1.82, 2.24) is 4.98 Å². The molecule has 0 saturated carbocycles. The van der Waals surface area contributed by atoms with Crippen molar-refractivity contribution >= 4 is 26.7 Å². The molecule has 0 radical (unpaired) electrons. The third-order valence-electron chi connectivity index (χ3n) is 1.93. The van der Waals surface area contributed by atoms with Crippen molar-refractivity contribution in [2.75, 3.05) is 4.72 Å². The van der Waals surface area contributed by atoms with E-state index < -0.39 is 10.2 Å². The number of benzene rings is 1. The Morgan fingerprint density at radius 1 is 1.27 bits per heavy atom. The van der Waals surface area contributed by atoms with Gasteiger partial charge in [-0.1, -0.05) is 12.1 Å². The van der Waals surface area contributed by atoms with Gasteiger partial charge >= 0.3 is 0 Å². The summed E-state index contributed by atoms with van der Waals surface area (Å²) in [5, 5.41) is 6.52. The maximum absolute atomic E-state index is 10.9. The molecule has 0 aliphatic heterocycles. The Morgan fingerprint density at radius 3 is 2.80 bits per heavy atom. The van der Waals surface area contributed by atoms with Gasteiger partial charge in [0.1, 0.15) is 0 Å². The average molecular weight is 223 g/mol. The number of rotatable bonds is 2. The van der Waals surface area contributed by atoms with Crippen LogP contribution in [0.25, 0.3) is 10.8 Å². The predicted molar refractivity (Wildman–Crippen MR) is 58.5 cm³/mol. The highest BCUT2D eigenvalue weighted by Crippen LogP contribution is 2.22. The molecule has 6 heteroatoms. The molecule has 3 N–H and O–H groups in total. The van der Waals surface area contributed by atoms with Crippen molar-refractivity contribution in [3.05, 3.63) is 36.7 Å². The summed E-state index contributed by atoms with van der Waals surface area (Å²) in [5.41, 5.74) is 0.456. The van der Waals surface area contributed by atoms with Crippen molar-refractivity contribution in [1.29, 1.82) is 0 Å². The zero-order valence-corrected chi connectivity index (χ0v) is 8.53. The molecule has 0 fully saturated rings. The third-order valence-corrected chi connectivity index (χ3v) is 2.44. The van der Waals surface area contributed by atoms with Gasteiger partial charge in [-0.2, -0.15) is 8.42 Å². The molecule has 15 heavy (non-hydrogen) atoms. The molecule has 5 nitrogen and oxygen atoms in total. The maximum Gasteiger partial charge on any atom is 0.296 e. The first kappa shape index (κ1) is 9.88. The molecule has 1 heterocycles. The van der Waals surface area contributed by atoms with E-state index in [4.69, 9.17) is 5.14 Å². The maximum atomic E-state index is 10.9. The molecule has 78 valence electrons. The molecule has 2 rings (SSSR count). The van der Waals surface area contributed by atoms with Gasteiger partial charge in [-0.3, -0.25) is 9.71 Å². The van der Waals surface area contributed by atoms with Crippen LogP contribution in [0.2, 0.25) is 0 Å². The van der Waals surface area contributed by atoms with Gasteiger partial charge in [-0.25, -0.2) is 5.14 Å². The average Bonchev–Trinajstić information content (AvgIpc) is 2.16. The number of nitrogens with two attached hydrogens (primary N) is 1. The summed E-state index contributed by atoms with van der Waals surface area (Å²) in [7, 11) is -3.74. The summed E-state index contributed by atoms with van der Waals surface area (Å²) in [6, 6.07) is 6.95. The first-order chi connectivity index (χ1) is 7.06. The molecule has 0 aliphatic carbocycles. The van der Waals surface area contributed by atoms with Crippen molar-refractivity contribution < 1.29 is 8.42 Å². The third kappa shape index (κ3) is 2.23. The number of aromatic nitrogens is 1. The molecule has 1 aromatic carbocycles. The standard InChI is InChI=1S/C9H9N3O2S/c10-15(13,14)12-9-3-1-2-7-6-11-5-4-8(7)9/h1-6,12H,(H2,10,13,14). The lowest BCUT2D eigenvalue weighted by Gasteiger charge is -2.06. The molecule has 0 atom stereocenters. The summed E-state index contributed by atoms with van der Waals surface area (Å²) in [5.74, 6) is 0. The lowest BCUT2D eigenvalue weighted by atomic mass is 10.1. The van der Waals surface area contributed by atoms with Crippen molar-refractivity contribution in [3.63, 3.8) is 0 Å². The molecular formula is C9H9N3O2S. The smallest absolute Gasteiger partial charge is 0.271 e. The fourth-order valence-electron chi connectivity index (χ4n) is 1.36. The molecule has 0 bridgehead atoms. The highest BCUT2D eigenvalue weighted by atomic mass is 32.2. The van der Waals surface area contributed by atoms with Crippen molar-refractivity contribution in [2.45, 2.75) is 0 Å². The van der Waals surface area contributed by atoms with E-state index in [2.05, 4.69) is 9.71 Å². The first-order valence-corrected chi connectivity index (χ1v) is 5.74. The normalized spacial score (nSPS) is 11.5. The van der Waals surface area contributed by atoms with Crippen LogP contribution < -0.4 is 9.86 Å². The van der Waals surface area contributed by atoms with Crippen LogP contribution >= 0.6 is 0 Å². The summed E-state index contributed by atoms with van der Waals surface area (Å²) in [6.45, 7) is 0. The van der Waals surface area contributed by atoms with Crippen LogP contribution in [0.15, 0.2) is 36.7 Å². The highest BCUT2D eigenvalue weighted by molar-refractivity contribution is 7.90. The molecular weight excluding hydrogens is 214 g/mol. The van der Waals surface area contributed by atoms with E-state index in [9.17, 15) is 8.42 Å². The quantitative estimate of drug-likeness (QED) is 0.791. The topological polar surface area (TPSA) is 85.1 Å². The van der Waals surface area contributed by atoms with Gasteiger partial charge in [0.05, 0.1) is 5.69 Å². The second kappa shape index (κ2) is 3.48. The van der Waals surface area contributed by atoms with Gasteiger partial charge < -0.3 is 0 Å². The van der Waals surface area contributed by atoms with Crippen LogP contribution in [0, 0.1) is 0 Å². The number of hydrogen-bond acceptors (Lipinski definition) is 3. The van der Waals surface area contributed by atoms with Crippen LogP contribution in [0.5, 0.6) is 0 Å². The molecule has 2 aromatic rings. The van der Waals surface area contributed by atoms with E-state index in [0.29, 0.717) is 5.69 Å². The predicted octanol–water partition coefficient (Wildman–Crippen LogP) is 0.850. The minimum atomic E-state index is -3.74. The van der Waals surface area contributed by atoms with Crippen LogP contribution in [-0.4, -0.2) is 13.4 Å². The summed E-state index contributed by atoms with van der Waals surface area (Å²) >= 11 is 0. The lowest BCUT2D eigenvalue weighted by molar-refractivity contribution is 0.603. The number of pyridine rings is 1. The first-order valence-electron chi connectivity index (χ1n) is 4.19. The van der Waals surface area contributed by atoms with E-state index in [1.165, 1.54) is 0 Å². The van der Waals surface area contributed by atoms with Crippen LogP contribution in [-0.2, 0) is 10.2 Å². The SMILES string of the molecule is NS(=O)(=O)Nc1cccc2cnccc12. The second-order valence-electron chi connectivity index (χ2n) is 3.05. The number of anilines is 1. The van der Waals surface area contributed by atoms with Gasteiger partial charge in [0.25, 0.3) is 10.2 Å². The van der Waals surface area contributed by atoms with E-state index in [1.807, 2.05) is 6.07 Å². The van der Waals surface area contributed by atoms with E-state index in [-0.39, 0.29) is 0 Å². The van der Waals surface area contributed by atoms with E-state index in [0.717, 1.165) is 10.8 Å². The summed E-state index contributed by atoms with van der Waals surface area (Å²) < 4.78 is 24.0. The van der Waals surface area contributed by atoms with Gasteiger partial charge in [0.2, 0.25) is 0 Å². The number of fused-ring (bicyclic) bond motifs is 1. The van der Waals surface area contributed by atoms with Gasteiger partial charge in [0.15, 0.2) is 0 Å². The van der Waals surface area contributed by atoms with Crippen molar-refractivity contribution in [2.24, 2.45) is 5.14 Å². The van der Waals surface area contributed by atoms with E-state index in [1.54, 1.807) is 30.6 Å². The van der Waals surface area contributed by atoms with Crippen LogP contribution in [0.1, 0.15) is 0 Å². The lowest BCUT2D eigenvalue weighted by Crippen LogP contribution is -2.21. The Kier molecular flexibility index (Phi) is 2.29. The van der Waals surface area contributed by atoms with Crippen LogP contribution in [0.4, 0.5) is 5.69 Å². The Morgan fingerprint density at radius 2 is 2.07 bits per heavy atom. The largest absolute Gasteiger partial charge is 0.296 e. The molecule has 0 unspecified atom stereocenters. The Hall–Kier alpha value is -1.66. The fraction of sp³-hybridized carbons (Fsp3) is 0. The van der Waals surface area contributed by atoms with Gasteiger partial charge in [-0.15, -0.1) is 0 Å². The fourth-order valence-corrected chi connectivity index (χ4v) is 1.85. The van der Waals surface area contributed by atoms with Gasteiger partial charge in [0, 0.05) is 23.2 Å². The van der Waals surface area contributed by atoms with Crippen molar-refractivity contribution in [3.8, 4) is 0 Å². The number of hydrogen-bond donors (Lipinski definition) is 2. The zero-order chi connectivity index (χ0) is 10.9. The van der Waals surface area contributed by atoms with E-state index >= 15 is 0 Å². The van der Waals surface area contributed by atoms with Crippen LogP contribution in [0.3, 0.4) is 0 Å². The zero-order valence-electron chi connectivity index (χ0n) is 7.71. The summed E-state index contributed by atoms with van der Waals surface area (Å²) in [6.07, 6.45) is 3.25. The molecule has 0 aliphatic rings. The summed E-state index contributed by atoms with van der Waals surface area (Å²) in [4.78, 5) is 3.94. The minimum Gasteiger partial charge on any atom is -0.271 e. The molecule has 0 spiro atoms. The highest BCUT2D eigenvalue weighted by Gasteiger charge is 2.05. The Balaban J connectivity index is 2.61. The molecule has 0 saturated heterocycles. The Bertz CT molecular complexity index is 590. The Labute approximate surface area is 87.1 Å². The second-order valence-corrected chi connectivity index (χ2v) is 4.34. The minimum absolute atomic E-state index is 0.456. The molecule has 0 amide bonds.